The van der Waals surface area contributed by atoms with E-state index in [-0.39, 0.29) is 30.0 Å². The smallest absolute Gasteiger partial charge is 0.239 e. The Kier molecular flexibility index (Phi) is 11.0. The molecule has 0 aromatic heterocycles. The fourth-order valence-electron chi connectivity index (χ4n) is 4.18. The molecule has 1 atom stereocenters. The predicted octanol–water partition coefficient (Wildman–Crippen LogP) is 2.55. The number of ether oxygens (including phenoxy) is 1. The van der Waals surface area contributed by atoms with Crippen LogP contribution in [0.2, 0.25) is 0 Å². The van der Waals surface area contributed by atoms with E-state index in [9.17, 15) is 4.79 Å². The average molecular weight is 543 g/mol. The first-order valence-corrected chi connectivity index (χ1v) is 11.2. The van der Waals surface area contributed by atoms with Crippen LogP contribution in [-0.2, 0) is 22.7 Å². The maximum atomic E-state index is 12.7. The van der Waals surface area contributed by atoms with Gasteiger partial charge in [0.25, 0.3) is 0 Å². The van der Waals surface area contributed by atoms with Crippen LogP contribution in [0.15, 0.2) is 29.3 Å². The van der Waals surface area contributed by atoms with Crippen LogP contribution in [0.5, 0.6) is 0 Å². The Morgan fingerprint density at radius 3 is 2.23 bits per heavy atom. The Morgan fingerprint density at radius 2 is 1.65 bits per heavy atom. The van der Waals surface area contributed by atoms with Crippen LogP contribution in [0.4, 0.5) is 0 Å². The second-order valence-corrected chi connectivity index (χ2v) is 8.15. The summed E-state index contributed by atoms with van der Waals surface area (Å²) in [6.07, 6.45) is 2.29. The summed E-state index contributed by atoms with van der Waals surface area (Å²) in [4.78, 5) is 24.2. The number of carbonyl (C=O) groups is 1. The Bertz CT molecular complexity index is 698. The van der Waals surface area contributed by atoms with E-state index in [4.69, 9.17) is 9.73 Å². The second-order valence-electron chi connectivity index (χ2n) is 8.15. The Hall–Kier alpha value is -1.39. The second kappa shape index (κ2) is 13.2. The number of benzene rings is 1. The number of aliphatic imine (C=N–C) groups is 1. The van der Waals surface area contributed by atoms with Crippen LogP contribution in [-0.4, -0.2) is 85.5 Å². The number of methoxy groups -OCH3 is 1. The van der Waals surface area contributed by atoms with Crippen LogP contribution < -0.4 is 5.32 Å². The molecule has 8 heteroatoms. The van der Waals surface area contributed by atoms with Crippen LogP contribution in [0.1, 0.15) is 37.8 Å². The maximum Gasteiger partial charge on any atom is 0.239 e. The van der Waals surface area contributed by atoms with Gasteiger partial charge in [-0.3, -0.25) is 9.69 Å². The van der Waals surface area contributed by atoms with Crippen molar-refractivity contribution < 1.29 is 9.53 Å². The van der Waals surface area contributed by atoms with Gasteiger partial charge in [-0.2, -0.15) is 0 Å². The largest absolute Gasteiger partial charge is 0.380 e. The molecule has 1 aromatic rings. The quantitative estimate of drug-likeness (QED) is 0.326. The van der Waals surface area contributed by atoms with Gasteiger partial charge in [-0.1, -0.05) is 24.3 Å². The number of rotatable bonds is 7. The third kappa shape index (κ3) is 7.32. The highest BCUT2D eigenvalue weighted by atomic mass is 127. The molecule has 1 unspecified atom stereocenters. The first-order valence-electron chi connectivity index (χ1n) is 11.2. The molecule has 7 nitrogen and oxygen atoms in total. The molecule has 1 N–H and O–H groups in total. The van der Waals surface area contributed by atoms with Crippen molar-refractivity contribution in [2.45, 2.75) is 45.9 Å². The molecule has 3 rings (SSSR count). The maximum absolute atomic E-state index is 12.7. The van der Waals surface area contributed by atoms with E-state index < -0.39 is 0 Å². The lowest BCUT2D eigenvalue weighted by Crippen LogP contribution is -2.57. The van der Waals surface area contributed by atoms with Crippen molar-refractivity contribution in [3.63, 3.8) is 0 Å². The van der Waals surface area contributed by atoms with E-state index in [1.165, 1.54) is 11.1 Å². The molecule has 1 aromatic carbocycles. The van der Waals surface area contributed by atoms with E-state index in [1.54, 1.807) is 7.11 Å². The molecule has 2 aliphatic heterocycles. The van der Waals surface area contributed by atoms with Gasteiger partial charge in [-0.15, -0.1) is 24.0 Å². The first-order chi connectivity index (χ1) is 14.6. The third-order valence-corrected chi connectivity index (χ3v) is 6.02. The summed E-state index contributed by atoms with van der Waals surface area (Å²) in [5, 5.41) is 3.43. The number of piperazine rings is 1. The van der Waals surface area contributed by atoms with Crippen molar-refractivity contribution in [1.29, 1.82) is 0 Å². The zero-order chi connectivity index (χ0) is 21.3. The van der Waals surface area contributed by atoms with E-state index in [1.807, 2.05) is 4.90 Å². The van der Waals surface area contributed by atoms with Crippen LogP contribution >= 0.6 is 24.0 Å². The lowest BCUT2D eigenvalue weighted by Gasteiger charge is -2.39. The fraction of sp³-hybridized carbons (Fsp3) is 0.652. The predicted molar refractivity (Wildman–Crippen MR) is 136 cm³/mol. The molecule has 0 bridgehead atoms. The van der Waals surface area contributed by atoms with Crippen molar-refractivity contribution in [1.82, 2.24) is 20.0 Å². The summed E-state index contributed by atoms with van der Waals surface area (Å²) in [5.41, 5.74) is 2.36. The molecular formula is C23H38IN5O2. The summed E-state index contributed by atoms with van der Waals surface area (Å²) >= 11 is 0. The van der Waals surface area contributed by atoms with Crippen molar-refractivity contribution in [3.8, 4) is 0 Å². The standard InChI is InChI=1S/C23H37N5O2.HI/c1-4-24-23(25-17-20-7-9-21(10-8-20)18-30-3)28-15-13-26(14-16-28)19(2)22(29)27-11-5-6-12-27;/h7-10,19H,4-6,11-18H2,1-3H3,(H,24,25);1H. The Morgan fingerprint density at radius 1 is 1.03 bits per heavy atom. The number of nitrogens with zero attached hydrogens (tertiary/aromatic N) is 4. The number of likely N-dealkylation sites (tertiary alicyclic amines) is 1. The van der Waals surface area contributed by atoms with Gasteiger partial charge in [0.1, 0.15) is 0 Å². The van der Waals surface area contributed by atoms with Crippen LogP contribution in [0.25, 0.3) is 0 Å². The van der Waals surface area contributed by atoms with Gasteiger partial charge in [-0.25, -0.2) is 4.99 Å². The van der Waals surface area contributed by atoms with Gasteiger partial charge >= 0.3 is 0 Å². The van der Waals surface area contributed by atoms with Crippen molar-refractivity contribution in [2.75, 3.05) is 52.9 Å². The average Bonchev–Trinajstić information content (AvgIpc) is 3.32. The minimum absolute atomic E-state index is 0. The zero-order valence-corrected chi connectivity index (χ0v) is 21.5. The minimum atomic E-state index is -0.0320. The number of guanidine groups is 1. The van der Waals surface area contributed by atoms with Gasteiger partial charge in [0.05, 0.1) is 19.2 Å². The molecule has 2 fully saturated rings. The highest BCUT2D eigenvalue weighted by Crippen LogP contribution is 2.14. The highest BCUT2D eigenvalue weighted by molar-refractivity contribution is 14.0. The number of hydrogen-bond acceptors (Lipinski definition) is 4. The molecule has 0 aliphatic carbocycles. The van der Waals surface area contributed by atoms with E-state index >= 15 is 0 Å². The van der Waals surface area contributed by atoms with Gasteiger partial charge in [0.15, 0.2) is 5.96 Å². The molecule has 0 spiro atoms. The summed E-state index contributed by atoms with van der Waals surface area (Å²) in [7, 11) is 1.71. The van der Waals surface area contributed by atoms with Crippen LogP contribution in [0, 0.1) is 0 Å². The van der Waals surface area contributed by atoms with E-state index in [0.29, 0.717) is 19.1 Å². The number of hydrogen-bond donors (Lipinski definition) is 1. The normalized spacial score (nSPS) is 18.6. The summed E-state index contributed by atoms with van der Waals surface area (Å²) in [6, 6.07) is 8.39. The van der Waals surface area contributed by atoms with Crippen molar-refractivity contribution >= 4 is 35.8 Å². The molecule has 0 radical (unpaired) electrons. The number of amides is 1. The summed E-state index contributed by atoms with van der Waals surface area (Å²) < 4.78 is 5.17. The summed E-state index contributed by atoms with van der Waals surface area (Å²) in [5.74, 6) is 1.25. The van der Waals surface area contributed by atoms with Gasteiger partial charge < -0.3 is 19.9 Å². The molecule has 0 saturated carbocycles. The molecule has 2 aliphatic rings. The lowest BCUT2D eigenvalue weighted by molar-refractivity contribution is -0.135. The first kappa shape index (κ1) is 25.9. The Labute approximate surface area is 204 Å². The van der Waals surface area contributed by atoms with E-state index in [2.05, 4.69) is 53.2 Å². The molecular weight excluding hydrogens is 505 g/mol. The van der Waals surface area contributed by atoms with Crippen LogP contribution in [0.3, 0.4) is 0 Å². The van der Waals surface area contributed by atoms with Crippen molar-refractivity contribution in [2.24, 2.45) is 4.99 Å². The van der Waals surface area contributed by atoms with E-state index in [0.717, 1.165) is 64.6 Å². The fourth-order valence-corrected chi connectivity index (χ4v) is 4.18. The molecule has 174 valence electrons. The topological polar surface area (TPSA) is 60.4 Å². The zero-order valence-electron chi connectivity index (χ0n) is 19.2. The van der Waals surface area contributed by atoms with Gasteiger partial charge in [0, 0.05) is 52.9 Å². The molecule has 31 heavy (non-hydrogen) atoms. The number of carbonyl (C=O) groups excluding carboxylic acids is 1. The lowest BCUT2D eigenvalue weighted by atomic mass is 10.1. The number of nitrogens with one attached hydrogen (secondary N) is 1. The highest BCUT2D eigenvalue weighted by Gasteiger charge is 2.30. The minimum Gasteiger partial charge on any atom is -0.380 e. The van der Waals surface area contributed by atoms with Gasteiger partial charge in [-0.05, 0) is 37.8 Å². The third-order valence-electron chi connectivity index (χ3n) is 6.02. The molecule has 1 amide bonds. The Balaban J connectivity index is 0.00000341. The van der Waals surface area contributed by atoms with Gasteiger partial charge in [0.2, 0.25) is 5.91 Å². The monoisotopic (exact) mass is 543 g/mol. The summed E-state index contributed by atoms with van der Waals surface area (Å²) in [6.45, 7) is 11.7. The number of halogens is 1. The molecule has 2 heterocycles. The van der Waals surface area contributed by atoms with Crippen molar-refractivity contribution in [3.05, 3.63) is 35.4 Å². The SMILES string of the molecule is CCNC(=NCc1ccc(COC)cc1)N1CCN(C(C)C(=O)N2CCCC2)CC1.I. The molecule has 2 saturated heterocycles.